The van der Waals surface area contributed by atoms with E-state index in [2.05, 4.69) is 10.3 Å². The molecule has 0 radical (unpaired) electrons. The summed E-state index contributed by atoms with van der Waals surface area (Å²) in [5, 5.41) is 13.7. The van der Waals surface area contributed by atoms with E-state index in [4.69, 9.17) is 5.73 Å². The van der Waals surface area contributed by atoms with Gasteiger partial charge in [-0.2, -0.15) is 0 Å². The van der Waals surface area contributed by atoms with E-state index in [0.29, 0.717) is 16.6 Å². The Kier molecular flexibility index (Phi) is 5.22. The van der Waals surface area contributed by atoms with Crippen LogP contribution in [0.4, 0.5) is 10.9 Å². The Balaban J connectivity index is 2.96. The molecule has 0 aliphatic heterocycles. The molecule has 120 valence electrons. The highest BCUT2D eigenvalue weighted by Crippen LogP contribution is 2.28. The fourth-order valence-corrected chi connectivity index (χ4v) is 2.86. The van der Waals surface area contributed by atoms with Crippen LogP contribution in [0.3, 0.4) is 0 Å². The summed E-state index contributed by atoms with van der Waals surface area (Å²) < 4.78 is 0. The highest BCUT2D eigenvalue weighted by molar-refractivity contribution is 7.18. The van der Waals surface area contributed by atoms with Crippen molar-refractivity contribution in [2.24, 2.45) is 0 Å². The average Bonchev–Trinajstić information content (AvgIpc) is 2.62. The topological polar surface area (TPSA) is 91.5 Å². The molecule has 0 saturated heterocycles. The van der Waals surface area contributed by atoms with Crippen molar-refractivity contribution in [2.75, 3.05) is 24.1 Å². The van der Waals surface area contributed by atoms with Crippen LogP contribution in [-0.2, 0) is 0 Å². The first-order valence-electron chi connectivity index (χ1n) is 6.99. The van der Waals surface area contributed by atoms with Gasteiger partial charge >= 0.3 is 0 Å². The molecule has 0 bridgehead atoms. The summed E-state index contributed by atoms with van der Waals surface area (Å²) >= 11 is 1.24. The van der Waals surface area contributed by atoms with Crippen LogP contribution >= 0.6 is 11.3 Å². The average molecular weight is 314 g/mol. The van der Waals surface area contributed by atoms with Crippen LogP contribution in [0.2, 0.25) is 0 Å². The quantitative estimate of drug-likeness (QED) is 0.774. The van der Waals surface area contributed by atoms with E-state index < -0.39 is 5.60 Å². The van der Waals surface area contributed by atoms with E-state index in [9.17, 15) is 9.90 Å². The number of hydrogen-bond donors (Lipinski definition) is 3. The molecular weight excluding hydrogens is 288 g/mol. The fraction of sp³-hybridized carbons (Fsp3) is 0.714. The SMILES string of the molecule is CCN(CC(C)(C)O)C(=O)c1sc(NC(C)(C)C)nc1N. The molecule has 0 spiro atoms. The van der Waals surface area contributed by atoms with Gasteiger partial charge in [0.15, 0.2) is 5.13 Å². The summed E-state index contributed by atoms with van der Waals surface area (Å²) in [5.41, 5.74) is 4.77. The number of amides is 1. The summed E-state index contributed by atoms with van der Waals surface area (Å²) in [7, 11) is 0. The number of anilines is 2. The number of aromatic nitrogens is 1. The molecule has 1 aromatic rings. The number of carbonyl (C=O) groups is 1. The number of carbonyl (C=O) groups excluding carboxylic acids is 1. The summed E-state index contributed by atoms with van der Waals surface area (Å²) in [6.45, 7) is 12.0. The van der Waals surface area contributed by atoms with Crippen LogP contribution in [0.1, 0.15) is 51.2 Å². The van der Waals surface area contributed by atoms with E-state index in [1.54, 1.807) is 18.7 Å². The molecule has 4 N–H and O–H groups in total. The summed E-state index contributed by atoms with van der Waals surface area (Å²) in [5.74, 6) is 0.0301. The maximum atomic E-state index is 12.5. The van der Waals surface area contributed by atoms with E-state index in [-0.39, 0.29) is 23.8 Å². The molecule has 0 aliphatic rings. The van der Waals surface area contributed by atoms with Gasteiger partial charge in [0.2, 0.25) is 0 Å². The van der Waals surface area contributed by atoms with Crippen LogP contribution in [0, 0.1) is 0 Å². The van der Waals surface area contributed by atoms with Crippen LogP contribution in [-0.4, -0.2) is 45.1 Å². The zero-order valence-electron chi connectivity index (χ0n) is 13.6. The first-order valence-corrected chi connectivity index (χ1v) is 7.81. The molecule has 7 heteroatoms. The predicted molar refractivity (Wildman–Crippen MR) is 87.8 cm³/mol. The molecule has 0 saturated carbocycles. The van der Waals surface area contributed by atoms with Gasteiger partial charge in [-0.15, -0.1) is 0 Å². The van der Waals surface area contributed by atoms with Crippen LogP contribution in [0.5, 0.6) is 0 Å². The third-order valence-corrected chi connectivity index (χ3v) is 3.55. The third-order valence-electron chi connectivity index (χ3n) is 2.58. The molecule has 1 rings (SSSR count). The van der Waals surface area contributed by atoms with Crippen molar-refractivity contribution < 1.29 is 9.90 Å². The van der Waals surface area contributed by atoms with Crippen LogP contribution in [0.15, 0.2) is 0 Å². The number of nitrogen functional groups attached to an aromatic ring is 1. The molecule has 0 fully saturated rings. The van der Waals surface area contributed by atoms with Gasteiger partial charge in [-0.05, 0) is 41.5 Å². The molecule has 0 aromatic carbocycles. The second kappa shape index (κ2) is 6.19. The van der Waals surface area contributed by atoms with Crippen LogP contribution in [0.25, 0.3) is 0 Å². The van der Waals surface area contributed by atoms with E-state index in [0.717, 1.165) is 0 Å². The number of rotatable bonds is 5. The maximum Gasteiger partial charge on any atom is 0.267 e. The molecule has 6 nitrogen and oxygen atoms in total. The van der Waals surface area contributed by atoms with E-state index in [1.807, 2.05) is 27.7 Å². The Morgan fingerprint density at radius 1 is 1.38 bits per heavy atom. The second-order valence-corrected chi connectivity index (χ2v) is 7.74. The largest absolute Gasteiger partial charge is 0.389 e. The highest BCUT2D eigenvalue weighted by Gasteiger charge is 2.26. The van der Waals surface area contributed by atoms with E-state index in [1.165, 1.54) is 11.3 Å². The van der Waals surface area contributed by atoms with Crippen molar-refractivity contribution in [2.45, 2.75) is 52.7 Å². The number of aliphatic hydroxyl groups is 1. The Morgan fingerprint density at radius 2 is 1.95 bits per heavy atom. The van der Waals surface area contributed by atoms with Gasteiger partial charge in [-0.1, -0.05) is 11.3 Å². The molecule has 1 amide bonds. The molecule has 0 aliphatic carbocycles. The van der Waals surface area contributed by atoms with E-state index >= 15 is 0 Å². The Labute approximate surface area is 130 Å². The van der Waals surface area contributed by atoms with Crippen molar-refractivity contribution >= 4 is 28.2 Å². The molecular formula is C14H26N4O2S. The van der Waals surface area contributed by atoms with Gasteiger partial charge in [-0.25, -0.2) is 4.98 Å². The lowest BCUT2D eigenvalue weighted by atomic mass is 10.1. The van der Waals surface area contributed by atoms with Crippen molar-refractivity contribution in [3.05, 3.63) is 4.88 Å². The van der Waals surface area contributed by atoms with Crippen LogP contribution < -0.4 is 11.1 Å². The first-order chi connectivity index (χ1) is 9.43. The number of likely N-dealkylation sites (N-methyl/N-ethyl adjacent to an activating group) is 1. The third kappa shape index (κ3) is 5.51. The number of nitrogens with two attached hydrogens (primary N) is 1. The lowest BCUT2D eigenvalue weighted by Gasteiger charge is -2.27. The van der Waals surface area contributed by atoms with Crippen molar-refractivity contribution in [1.29, 1.82) is 0 Å². The Bertz CT molecular complexity index is 500. The summed E-state index contributed by atoms with van der Waals surface area (Å²) in [6.07, 6.45) is 0. The highest BCUT2D eigenvalue weighted by atomic mass is 32.1. The van der Waals surface area contributed by atoms with Gasteiger partial charge in [0.1, 0.15) is 10.7 Å². The molecule has 0 atom stereocenters. The zero-order valence-corrected chi connectivity index (χ0v) is 14.5. The molecule has 21 heavy (non-hydrogen) atoms. The number of nitrogens with one attached hydrogen (secondary N) is 1. The van der Waals surface area contributed by atoms with Gasteiger partial charge < -0.3 is 21.1 Å². The van der Waals surface area contributed by atoms with Crippen molar-refractivity contribution in [3.8, 4) is 0 Å². The maximum absolute atomic E-state index is 12.5. The summed E-state index contributed by atoms with van der Waals surface area (Å²) in [6, 6.07) is 0. The lowest BCUT2D eigenvalue weighted by molar-refractivity contribution is 0.0317. The van der Waals surface area contributed by atoms with Gasteiger partial charge in [0, 0.05) is 18.6 Å². The molecule has 1 heterocycles. The van der Waals surface area contributed by atoms with Gasteiger partial charge in [0.25, 0.3) is 5.91 Å². The minimum Gasteiger partial charge on any atom is -0.389 e. The second-order valence-electron chi connectivity index (χ2n) is 6.74. The molecule has 1 aromatic heterocycles. The smallest absolute Gasteiger partial charge is 0.267 e. The minimum absolute atomic E-state index is 0.151. The minimum atomic E-state index is -0.947. The normalized spacial score (nSPS) is 12.3. The Morgan fingerprint density at radius 3 is 2.38 bits per heavy atom. The van der Waals surface area contributed by atoms with Gasteiger partial charge in [0.05, 0.1) is 5.60 Å². The number of nitrogens with zero attached hydrogens (tertiary/aromatic N) is 2. The zero-order chi connectivity index (χ0) is 16.4. The standard InChI is InChI=1S/C14H26N4O2S/c1-7-18(8-14(5,6)20)11(19)9-10(15)16-12(21-9)17-13(2,3)4/h20H,7-8,15H2,1-6H3,(H,16,17). The van der Waals surface area contributed by atoms with Gasteiger partial charge in [-0.3, -0.25) is 4.79 Å². The van der Waals surface area contributed by atoms with Crippen molar-refractivity contribution in [3.63, 3.8) is 0 Å². The van der Waals surface area contributed by atoms with Crippen molar-refractivity contribution in [1.82, 2.24) is 9.88 Å². The number of thiazole rings is 1. The summed E-state index contributed by atoms with van der Waals surface area (Å²) in [4.78, 5) is 18.7. The molecule has 0 unspecified atom stereocenters. The fourth-order valence-electron chi connectivity index (χ4n) is 1.80. The predicted octanol–water partition coefficient (Wildman–Crippen LogP) is 2.17. The lowest BCUT2D eigenvalue weighted by Crippen LogP contribution is -2.42. The number of hydrogen-bond acceptors (Lipinski definition) is 6. The first kappa shape index (κ1) is 17.7. The Hall–Kier alpha value is -1.34. The monoisotopic (exact) mass is 314 g/mol.